The largest absolute Gasteiger partial charge is 0.415 e. The van der Waals surface area contributed by atoms with Crippen LogP contribution < -0.4 is 5.32 Å². The molecule has 4 rings (SSSR count). The average molecular weight is 424 g/mol. The van der Waals surface area contributed by atoms with Crippen LogP contribution in [0.15, 0.2) is 59.6 Å². The number of carbonyl (C=O) groups is 1. The first-order valence-electron chi connectivity index (χ1n) is 8.84. The molecule has 2 aliphatic heterocycles. The van der Waals surface area contributed by atoms with Gasteiger partial charge in [0, 0.05) is 23.6 Å². The van der Waals surface area contributed by atoms with Crippen LogP contribution in [0.1, 0.15) is 15.9 Å². The molecule has 0 saturated carbocycles. The number of halogens is 4. The van der Waals surface area contributed by atoms with Crippen molar-refractivity contribution in [3.8, 4) is 0 Å². The third kappa shape index (κ3) is 3.64. The summed E-state index contributed by atoms with van der Waals surface area (Å²) in [4.78, 5) is 16.6. The normalized spacial score (nSPS) is 26.6. The Kier molecular flexibility index (Phi) is 5.12. The summed E-state index contributed by atoms with van der Waals surface area (Å²) < 4.78 is 58.9. The fraction of sp³-hybridized carbons (Fsp3) is 0.300. The molecule has 0 aromatic heterocycles. The molecule has 0 spiro atoms. The van der Waals surface area contributed by atoms with Crippen LogP contribution in [0.5, 0.6) is 0 Å². The summed E-state index contributed by atoms with van der Waals surface area (Å²) in [7, 11) is 0. The Morgan fingerprint density at radius 3 is 2.52 bits per heavy atom. The van der Waals surface area contributed by atoms with Crippen LogP contribution in [0.3, 0.4) is 0 Å². The zero-order valence-electron chi connectivity index (χ0n) is 14.9. The molecule has 3 atom stereocenters. The number of amidine groups is 1. The van der Waals surface area contributed by atoms with E-state index in [4.69, 9.17) is 4.74 Å². The molecule has 0 bridgehead atoms. The van der Waals surface area contributed by atoms with Gasteiger partial charge in [0.1, 0.15) is 5.82 Å². The standard InChI is InChI=1S/C20H16F4N2O2S/c21-15-9-5-4-8-13(15)19-11-28-16(20(22,23)24)14(19)10-25-18(29-19)26-17(27)12-6-2-1-3-7-12/h1-9,14,16H,10-11H2,(H,25,26,27)/t14-,16-,19+/m0/s1. The van der Waals surface area contributed by atoms with Crippen LogP contribution in [0.25, 0.3) is 0 Å². The molecule has 0 aliphatic carbocycles. The van der Waals surface area contributed by atoms with Gasteiger partial charge in [0.25, 0.3) is 5.91 Å². The summed E-state index contributed by atoms with van der Waals surface area (Å²) in [5, 5.41) is 2.77. The summed E-state index contributed by atoms with van der Waals surface area (Å²) in [6.45, 7) is -0.580. The maximum Gasteiger partial charge on any atom is 0.415 e. The van der Waals surface area contributed by atoms with E-state index in [0.29, 0.717) is 5.56 Å². The molecule has 9 heteroatoms. The van der Waals surface area contributed by atoms with Crippen molar-refractivity contribution in [1.29, 1.82) is 0 Å². The minimum atomic E-state index is -4.60. The lowest BCUT2D eigenvalue weighted by Gasteiger charge is -2.38. The van der Waals surface area contributed by atoms with Crippen molar-refractivity contribution in [2.75, 3.05) is 13.2 Å². The van der Waals surface area contributed by atoms with Crippen molar-refractivity contribution in [2.24, 2.45) is 10.9 Å². The molecule has 29 heavy (non-hydrogen) atoms. The highest BCUT2D eigenvalue weighted by Crippen LogP contribution is 2.55. The van der Waals surface area contributed by atoms with Crippen LogP contribution in [0.2, 0.25) is 0 Å². The number of nitrogens with zero attached hydrogens (tertiary/aromatic N) is 1. The number of hydrogen-bond donors (Lipinski definition) is 1. The Bertz CT molecular complexity index is 951. The van der Waals surface area contributed by atoms with Gasteiger partial charge in [-0.1, -0.05) is 48.2 Å². The topological polar surface area (TPSA) is 50.7 Å². The molecule has 0 radical (unpaired) electrons. The van der Waals surface area contributed by atoms with Gasteiger partial charge in [0.2, 0.25) is 0 Å². The number of fused-ring (bicyclic) bond motifs is 1. The average Bonchev–Trinajstić information content (AvgIpc) is 3.09. The third-order valence-corrected chi connectivity index (χ3v) is 6.49. The van der Waals surface area contributed by atoms with Gasteiger partial charge in [-0.15, -0.1) is 0 Å². The van der Waals surface area contributed by atoms with E-state index in [2.05, 4.69) is 10.3 Å². The Morgan fingerprint density at radius 2 is 1.83 bits per heavy atom. The Hall–Kier alpha value is -2.39. The Labute approximate surface area is 168 Å². The molecule has 152 valence electrons. The third-order valence-electron chi connectivity index (χ3n) is 5.06. The summed E-state index contributed by atoms with van der Waals surface area (Å²) in [5.41, 5.74) is 0.497. The van der Waals surface area contributed by atoms with Gasteiger partial charge >= 0.3 is 6.18 Å². The Balaban J connectivity index is 1.68. The minimum Gasteiger partial charge on any atom is -0.367 e. The minimum absolute atomic E-state index is 0.114. The zero-order valence-corrected chi connectivity index (χ0v) is 15.8. The van der Waals surface area contributed by atoms with Crippen LogP contribution in [-0.4, -0.2) is 36.5 Å². The molecule has 1 amide bonds. The van der Waals surface area contributed by atoms with Crippen molar-refractivity contribution in [3.63, 3.8) is 0 Å². The van der Waals surface area contributed by atoms with Crippen molar-refractivity contribution >= 4 is 22.8 Å². The fourth-order valence-corrected chi connectivity index (χ4v) is 5.08. The molecule has 1 fully saturated rings. The number of hydrogen-bond acceptors (Lipinski definition) is 4. The highest BCUT2D eigenvalue weighted by molar-refractivity contribution is 8.14. The molecule has 1 saturated heterocycles. The number of amides is 1. The second-order valence-corrected chi connectivity index (χ2v) is 8.14. The number of carbonyl (C=O) groups excluding carboxylic acids is 1. The predicted molar refractivity (Wildman–Crippen MR) is 101 cm³/mol. The number of nitrogens with one attached hydrogen (secondary N) is 1. The van der Waals surface area contributed by atoms with Crippen LogP contribution in [0.4, 0.5) is 17.6 Å². The van der Waals surface area contributed by atoms with E-state index in [1.165, 1.54) is 18.2 Å². The molecule has 2 aromatic rings. The first-order chi connectivity index (χ1) is 13.8. The van der Waals surface area contributed by atoms with Crippen LogP contribution in [0, 0.1) is 11.7 Å². The van der Waals surface area contributed by atoms with Gasteiger partial charge in [-0.3, -0.25) is 9.79 Å². The number of aliphatic imine (C=N–C) groups is 1. The van der Waals surface area contributed by atoms with Gasteiger partial charge in [-0.05, 0) is 18.2 Å². The molecule has 4 nitrogen and oxygen atoms in total. The predicted octanol–water partition coefficient (Wildman–Crippen LogP) is 4.13. The quantitative estimate of drug-likeness (QED) is 0.738. The lowest BCUT2D eigenvalue weighted by Crippen LogP contribution is -2.47. The number of rotatable bonds is 2. The first-order valence-corrected chi connectivity index (χ1v) is 9.66. The van der Waals surface area contributed by atoms with Crippen LogP contribution >= 0.6 is 11.8 Å². The second-order valence-electron chi connectivity index (χ2n) is 6.82. The van der Waals surface area contributed by atoms with E-state index in [-0.39, 0.29) is 23.9 Å². The molecule has 2 heterocycles. The SMILES string of the molecule is O=C(NC1=NC[C@H]2[C@@H](C(F)(F)F)OC[C@]2(c2ccccc2F)S1)c1ccccc1. The van der Waals surface area contributed by atoms with E-state index in [1.54, 1.807) is 36.4 Å². The highest BCUT2D eigenvalue weighted by Gasteiger charge is 2.62. The molecule has 2 aliphatic rings. The smallest absolute Gasteiger partial charge is 0.367 e. The van der Waals surface area contributed by atoms with Gasteiger partial charge in [0.05, 0.1) is 11.4 Å². The highest BCUT2D eigenvalue weighted by atomic mass is 32.2. The van der Waals surface area contributed by atoms with E-state index in [9.17, 15) is 22.4 Å². The van der Waals surface area contributed by atoms with Gasteiger partial charge < -0.3 is 10.1 Å². The van der Waals surface area contributed by atoms with E-state index in [0.717, 1.165) is 11.8 Å². The van der Waals surface area contributed by atoms with Crippen molar-refractivity contribution in [1.82, 2.24) is 5.32 Å². The molecule has 2 aromatic carbocycles. The number of thioether (sulfide) groups is 1. The Morgan fingerprint density at radius 1 is 1.14 bits per heavy atom. The van der Waals surface area contributed by atoms with Crippen molar-refractivity contribution in [3.05, 3.63) is 71.5 Å². The molecular weight excluding hydrogens is 408 g/mol. The fourth-order valence-electron chi connectivity index (χ4n) is 3.70. The molecule has 0 unspecified atom stereocenters. The van der Waals surface area contributed by atoms with Crippen LogP contribution in [-0.2, 0) is 9.48 Å². The lowest BCUT2D eigenvalue weighted by molar-refractivity contribution is -0.215. The number of benzene rings is 2. The molecule has 1 N–H and O–H groups in total. The van der Waals surface area contributed by atoms with Gasteiger partial charge in [-0.2, -0.15) is 13.2 Å². The zero-order chi connectivity index (χ0) is 20.6. The summed E-state index contributed by atoms with van der Waals surface area (Å²) in [6.07, 6.45) is -6.65. The van der Waals surface area contributed by atoms with E-state index in [1.807, 2.05) is 0 Å². The summed E-state index contributed by atoms with van der Waals surface area (Å²) in [6, 6.07) is 14.1. The van der Waals surface area contributed by atoms with Crippen molar-refractivity contribution in [2.45, 2.75) is 17.0 Å². The summed E-state index contributed by atoms with van der Waals surface area (Å²) >= 11 is 0.913. The first kappa shape index (κ1) is 19.9. The maximum absolute atomic E-state index is 14.6. The maximum atomic E-state index is 14.6. The molecular formula is C20H16F4N2O2S. The monoisotopic (exact) mass is 424 g/mol. The second kappa shape index (κ2) is 7.46. The van der Waals surface area contributed by atoms with Crippen molar-refractivity contribution < 1.29 is 27.1 Å². The number of ether oxygens (including phenoxy) is 1. The van der Waals surface area contributed by atoms with E-state index >= 15 is 0 Å². The summed E-state index contributed by atoms with van der Waals surface area (Å²) in [5.74, 6) is -2.17. The lowest BCUT2D eigenvalue weighted by atomic mass is 9.83. The van der Waals surface area contributed by atoms with E-state index < -0.39 is 34.7 Å². The van der Waals surface area contributed by atoms with Gasteiger partial charge in [-0.25, -0.2) is 4.39 Å². The number of alkyl halides is 3. The van der Waals surface area contributed by atoms with Gasteiger partial charge in [0.15, 0.2) is 11.3 Å².